The van der Waals surface area contributed by atoms with Gasteiger partial charge in [0.05, 0.1) is 64.0 Å². The van der Waals surface area contributed by atoms with Gasteiger partial charge in [-0.3, -0.25) is 28.8 Å². The van der Waals surface area contributed by atoms with Gasteiger partial charge in [0.15, 0.2) is 18.9 Å². The van der Waals surface area contributed by atoms with Crippen LogP contribution in [0.4, 0.5) is 0 Å². The zero-order valence-electron chi connectivity index (χ0n) is 56.1. The van der Waals surface area contributed by atoms with Gasteiger partial charge in [-0.05, 0) is 78.6 Å². The third kappa shape index (κ3) is 40.0. The summed E-state index contributed by atoms with van der Waals surface area (Å²) in [6.07, 6.45) is -16.7. The summed E-state index contributed by atoms with van der Waals surface area (Å²) >= 11 is 0. The third-order valence-electron chi connectivity index (χ3n) is 15.0. The number of carbonyl (C=O) groups is 6. The molecule has 0 aromatic heterocycles. The molecule has 15 unspecified atom stereocenters. The summed E-state index contributed by atoms with van der Waals surface area (Å²) in [4.78, 5) is 75.5. The van der Waals surface area contributed by atoms with Crippen molar-refractivity contribution in [3.63, 3.8) is 0 Å². The lowest BCUT2D eigenvalue weighted by Crippen LogP contribution is -2.62. The lowest BCUT2D eigenvalue weighted by molar-refractivity contribution is -0.301. The predicted octanol–water partition coefficient (Wildman–Crippen LogP) is -6.38. The second kappa shape index (κ2) is 51.1. The van der Waals surface area contributed by atoms with Gasteiger partial charge in [-0.1, -0.05) is 13.8 Å². The first-order chi connectivity index (χ1) is 45.0. The maximum atomic E-state index is 12.8. The molecule has 21 N–H and O–H groups in total. The second-order valence-electron chi connectivity index (χ2n) is 24.9. The number of amides is 6. The average molecular weight is 1380 g/mol. The Morgan fingerprint density at radius 1 is 0.411 bits per heavy atom. The molecular formula is C61H117N7O27. The molecule has 15 atom stereocenters. The molecule has 1 saturated heterocycles. The molecule has 1 aliphatic rings. The van der Waals surface area contributed by atoms with Crippen LogP contribution < -0.4 is 37.2 Å². The highest BCUT2D eigenvalue weighted by Crippen LogP contribution is 2.23. The van der Waals surface area contributed by atoms with Crippen LogP contribution in [0.5, 0.6) is 0 Å². The van der Waals surface area contributed by atoms with Gasteiger partial charge in [-0.25, -0.2) is 0 Å². The van der Waals surface area contributed by atoms with Crippen LogP contribution >= 0.6 is 0 Å². The molecule has 558 valence electrons. The topological polar surface area (TPSA) is 534 Å². The molecular weight excluding hydrogens is 1260 g/mol. The average Bonchev–Trinajstić information content (AvgIpc) is 0.867. The summed E-state index contributed by atoms with van der Waals surface area (Å²) in [6.45, 7) is 8.74. The highest BCUT2D eigenvalue weighted by atomic mass is 16.7. The molecule has 34 heteroatoms. The molecule has 1 aliphatic heterocycles. The Labute approximate surface area is 556 Å². The highest BCUT2D eigenvalue weighted by Gasteiger charge is 2.44. The van der Waals surface area contributed by atoms with E-state index in [0.717, 1.165) is 0 Å². The SMILES string of the molecule is CC(CO)C(O)C(O)C(O)C(O)OCCCCC(=O)NCCCNC(=O)CCOCC(COCCC(=O)NCCCNC(=O)CCCCOC(O)C(O)C(O)C(O)C(C)CO)(COCCC(=O)NCCCNC(=O)CCCCOC1OC(CO)C(O)C(O)C1O)NC(C)(C)C. The quantitative estimate of drug-likeness (QED) is 0.0199. The molecule has 0 aromatic carbocycles. The van der Waals surface area contributed by atoms with Crippen LogP contribution in [-0.2, 0) is 61.9 Å². The van der Waals surface area contributed by atoms with Crippen LogP contribution in [0.25, 0.3) is 0 Å². The Hall–Kier alpha value is -4.06. The van der Waals surface area contributed by atoms with Crippen molar-refractivity contribution in [2.75, 3.05) is 119 Å². The molecule has 0 aromatic rings. The minimum atomic E-state index is -1.82. The maximum absolute atomic E-state index is 12.8. The Morgan fingerprint density at radius 2 is 0.737 bits per heavy atom. The lowest BCUT2D eigenvalue weighted by atomic mass is 9.97. The van der Waals surface area contributed by atoms with E-state index in [4.69, 9.17) is 43.4 Å². The summed E-state index contributed by atoms with van der Waals surface area (Å²) in [6, 6.07) is 0. The summed E-state index contributed by atoms with van der Waals surface area (Å²) in [5.74, 6) is -3.14. The Morgan fingerprint density at radius 3 is 1.05 bits per heavy atom. The summed E-state index contributed by atoms with van der Waals surface area (Å²) in [5.41, 5.74) is -1.60. The molecule has 1 fully saturated rings. The number of hydrogen-bond donors (Lipinski definition) is 21. The van der Waals surface area contributed by atoms with Gasteiger partial charge in [0.1, 0.15) is 48.8 Å². The Balaban J connectivity index is 2.65. The molecule has 0 spiro atoms. The van der Waals surface area contributed by atoms with Gasteiger partial charge in [0.2, 0.25) is 35.4 Å². The molecule has 1 heterocycles. The van der Waals surface area contributed by atoms with Crippen molar-refractivity contribution in [3.8, 4) is 0 Å². The maximum Gasteiger partial charge on any atom is 0.222 e. The van der Waals surface area contributed by atoms with Gasteiger partial charge in [0, 0.05) is 128 Å². The molecule has 0 radical (unpaired) electrons. The van der Waals surface area contributed by atoms with Crippen molar-refractivity contribution in [2.45, 2.75) is 222 Å². The number of ether oxygens (including phenoxy) is 7. The normalized spacial score (nSPS) is 20.6. The standard InChI is InChI=1S/C61H117N7O27/c1-39(33-69)48(78)51(81)54(84)57(87)92-27-9-6-15-42(72)62-21-12-24-65-45(75)18-30-89-36-61(68-60(3,4)5,37-90-31-19-46(76)66-25-13-22-63-43(73)16-7-10-28-93-58(88)55(85)52(82)49(79)40(2)34-70)38-91-32-20-47(77)67-26-14-23-64-44(74)17-8-11-29-94-59-56(86)53(83)50(80)41(35-71)95-59/h39-41,48-59,68-71,78-88H,6-38H2,1-5H3,(H,62,72)(H,63,73)(H,64,74)(H,65,75)(H,66,76)(H,67,77). The zero-order chi connectivity index (χ0) is 71.4. The number of hydrogen-bond acceptors (Lipinski definition) is 28. The number of aliphatic hydroxyl groups is 14. The van der Waals surface area contributed by atoms with Gasteiger partial charge in [0.25, 0.3) is 0 Å². The highest BCUT2D eigenvalue weighted by molar-refractivity contribution is 5.78. The molecule has 0 saturated carbocycles. The van der Waals surface area contributed by atoms with Crippen LogP contribution in [0.3, 0.4) is 0 Å². The molecule has 6 amide bonds. The monoisotopic (exact) mass is 1380 g/mol. The van der Waals surface area contributed by atoms with E-state index in [1.54, 1.807) is 0 Å². The van der Waals surface area contributed by atoms with Crippen molar-refractivity contribution in [3.05, 3.63) is 0 Å². The van der Waals surface area contributed by atoms with Crippen molar-refractivity contribution in [2.24, 2.45) is 11.8 Å². The van der Waals surface area contributed by atoms with E-state index in [0.29, 0.717) is 64.3 Å². The molecule has 1 rings (SSSR count). The number of rotatable bonds is 57. The van der Waals surface area contributed by atoms with Gasteiger partial charge < -0.3 is 142 Å². The second-order valence-corrected chi connectivity index (χ2v) is 24.9. The van der Waals surface area contributed by atoms with Crippen molar-refractivity contribution >= 4 is 35.4 Å². The van der Waals surface area contributed by atoms with Crippen LogP contribution in [0.15, 0.2) is 0 Å². The fourth-order valence-corrected chi connectivity index (χ4v) is 9.29. The van der Waals surface area contributed by atoms with Gasteiger partial charge in [-0.2, -0.15) is 0 Å². The first kappa shape index (κ1) is 89.0. The molecule has 95 heavy (non-hydrogen) atoms. The van der Waals surface area contributed by atoms with E-state index in [-0.39, 0.29) is 166 Å². The summed E-state index contributed by atoms with van der Waals surface area (Å²) < 4.78 is 39.2. The van der Waals surface area contributed by atoms with E-state index in [1.165, 1.54) is 13.8 Å². The van der Waals surface area contributed by atoms with E-state index in [1.807, 2.05) is 20.8 Å². The van der Waals surface area contributed by atoms with E-state index in [9.17, 15) is 90.0 Å². The van der Waals surface area contributed by atoms with Crippen molar-refractivity contribution < 1.29 is 133 Å². The first-order valence-corrected chi connectivity index (χ1v) is 33.0. The summed E-state index contributed by atoms with van der Waals surface area (Å²) in [7, 11) is 0. The number of carbonyl (C=O) groups excluding carboxylic acids is 6. The van der Waals surface area contributed by atoms with Crippen LogP contribution in [0.1, 0.15) is 131 Å². The van der Waals surface area contributed by atoms with Crippen LogP contribution in [-0.4, -0.2) is 316 Å². The molecule has 34 nitrogen and oxygen atoms in total. The van der Waals surface area contributed by atoms with Gasteiger partial charge >= 0.3 is 0 Å². The van der Waals surface area contributed by atoms with E-state index >= 15 is 0 Å². The number of aliphatic hydroxyl groups excluding tert-OH is 14. The largest absolute Gasteiger partial charge is 0.396 e. The zero-order valence-corrected chi connectivity index (χ0v) is 56.1. The minimum Gasteiger partial charge on any atom is -0.396 e. The van der Waals surface area contributed by atoms with Crippen molar-refractivity contribution in [1.82, 2.24) is 37.2 Å². The fraction of sp³-hybridized carbons (Fsp3) is 0.902. The molecule has 0 aliphatic carbocycles. The Kier molecular flexibility index (Phi) is 47.9. The van der Waals surface area contributed by atoms with E-state index < -0.39 is 123 Å². The minimum absolute atomic E-state index is 0.000994. The molecule has 0 bridgehead atoms. The van der Waals surface area contributed by atoms with Crippen LogP contribution in [0.2, 0.25) is 0 Å². The smallest absolute Gasteiger partial charge is 0.222 e. The van der Waals surface area contributed by atoms with Gasteiger partial charge in [-0.15, -0.1) is 0 Å². The lowest BCUT2D eigenvalue weighted by Gasteiger charge is -2.40. The Bertz CT molecular complexity index is 1990. The van der Waals surface area contributed by atoms with E-state index in [2.05, 4.69) is 37.2 Å². The third-order valence-corrected chi connectivity index (χ3v) is 15.0. The first-order valence-electron chi connectivity index (χ1n) is 33.0. The summed E-state index contributed by atoms with van der Waals surface area (Å²) in [5, 5.41) is 158. The number of nitrogens with one attached hydrogen (secondary N) is 7. The fourth-order valence-electron chi connectivity index (χ4n) is 9.29. The van der Waals surface area contributed by atoms with Crippen molar-refractivity contribution in [1.29, 1.82) is 0 Å². The predicted molar refractivity (Wildman–Crippen MR) is 338 cm³/mol. The van der Waals surface area contributed by atoms with Crippen LogP contribution in [0, 0.1) is 11.8 Å². The number of unbranched alkanes of at least 4 members (excludes halogenated alkanes) is 3.